The number of hydrogen-bond donors (Lipinski definition) is 2. The highest BCUT2D eigenvalue weighted by atomic mass is 35.5. The SMILES string of the molecule is Cn1c2ccc(Cl)cc2c2oc(C(=O)Nc3nnn[nH]3)cc(=O)c21. The maximum absolute atomic E-state index is 12.4. The molecule has 0 bridgehead atoms. The molecule has 1 amide bonds. The van der Waals surface area contributed by atoms with E-state index in [1.807, 2.05) is 0 Å². The number of fused-ring (bicyclic) bond motifs is 3. The van der Waals surface area contributed by atoms with E-state index >= 15 is 0 Å². The van der Waals surface area contributed by atoms with Crippen LogP contribution >= 0.6 is 11.6 Å². The summed E-state index contributed by atoms with van der Waals surface area (Å²) in [7, 11) is 1.75. The summed E-state index contributed by atoms with van der Waals surface area (Å²) in [5.41, 5.74) is 1.08. The molecule has 0 unspecified atom stereocenters. The van der Waals surface area contributed by atoms with Crippen molar-refractivity contribution in [3.8, 4) is 0 Å². The van der Waals surface area contributed by atoms with Crippen LogP contribution in [-0.4, -0.2) is 31.1 Å². The molecule has 0 radical (unpaired) electrons. The lowest BCUT2D eigenvalue weighted by molar-refractivity contribution is 0.0996. The van der Waals surface area contributed by atoms with Crippen LogP contribution in [0.5, 0.6) is 0 Å². The van der Waals surface area contributed by atoms with Crippen LogP contribution in [0.3, 0.4) is 0 Å². The molecule has 4 aromatic rings. The Morgan fingerprint density at radius 2 is 2.21 bits per heavy atom. The molecule has 10 heteroatoms. The fraction of sp³-hybridized carbons (Fsp3) is 0.0714. The highest BCUT2D eigenvalue weighted by Crippen LogP contribution is 2.29. The van der Waals surface area contributed by atoms with E-state index in [0.29, 0.717) is 21.5 Å². The van der Waals surface area contributed by atoms with Gasteiger partial charge in [0.25, 0.3) is 5.91 Å². The molecule has 0 aliphatic carbocycles. The van der Waals surface area contributed by atoms with Crippen molar-refractivity contribution in [1.29, 1.82) is 0 Å². The number of nitrogens with zero attached hydrogens (tertiary/aromatic N) is 4. The number of aromatic nitrogens is 5. The predicted molar refractivity (Wildman–Crippen MR) is 86.1 cm³/mol. The van der Waals surface area contributed by atoms with Crippen molar-refractivity contribution in [2.24, 2.45) is 7.05 Å². The average Bonchev–Trinajstić information content (AvgIpc) is 3.15. The Balaban J connectivity index is 1.93. The van der Waals surface area contributed by atoms with Gasteiger partial charge in [0.2, 0.25) is 11.4 Å². The van der Waals surface area contributed by atoms with E-state index in [2.05, 4.69) is 25.9 Å². The lowest BCUT2D eigenvalue weighted by Gasteiger charge is -2.01. The topological polar surface area (TPSA) is 119 Å². The van der Waals surface area contributed by atoms with Crippen LogP contribution in [0.15, 0.2) is 33.5 Å². The summed E-state index contributed by atoms with van der Waals surface area (Å²) in [5, 5.41) is 16.2. The molecular formula is C14H9ClN6O3. The molecule has 4 rings (SSSR count). The Morgan fingerprint density at radius 1 is 1.38 bits per heavy atom. The number of H-pyrrole nitrogens is 1. The number of halogens is 1. The minimum Gasteiger partial charge on any atom is -0.448 e. The molecule has 0 atom stereocenters. The van der Waals surface area contributed by atoms with E-state index in [4.69, 9.17) is 16.0 Å². The lowest BCUT2D eigenvalue weighted by Crippen LogP contribution is -2.16. The monoisotopic (exact) mass is 344 g/mol. The van der Waals surface area contributed by atoms with E-state index in [9.17, 15) is 9.59 Å². The predicted octanol–water partition coefficient (Wildman–Crippen LogP) is 1.70. The van der Waals surface area contributed by atoms with Gasteiger partial charge >= 0.3 is 0 Å². The second kappa shape index (κ2) is 5.17. The van der Waals surface area contributed by atoms with Crippen molar-refractivity contribution in [2.45, 2.75) is 0 Å². The largest absolute Gasteiger partial charge is 0.448 e. The summed E-state index contributed by atoms with van der Waals surface area (Å²) in [6.07, 6.45) is 0. The molecular weight excluding hydrogens is 336 g/mol. The Labute approximate surface area is 138 Å². The number of carbonyl (C=O) groups is 1. The molecule has 9 nitrogen and oxygen atoms in total. The van der Waals surface area contributed by atoms with Gasteiger partial charge < -0.3 is 8.98 Å². The fourth-order valence-corrected chi connectivity index (χ4v) is 2.76. The van der Waals surface area contributed by atoms with Crippen LogP contribution in [0.1, 0.15) is 10.6 Å². The molecule has 0 spiro atoms. The number of carbonyl (C=O) groups excluding carboxylic acids is 1. The van der Waals surface area contributed by atoms with Crippen molar-refractivity contribution in [3.05, 3.63) is 45.3 Å². The first kappa shape index (κ1) is 14.4. The number of hydrogen-bond acceptors (Lipinski definition) is 6. The zero-order valence-electron chi connectivity index (χ0n) is 12.2. The molecule has 24 heavy (non-hydrogen) atoms. The van der Waals surface area contributed by atoms with Gasteiger partial charge in [0, 0.05) is 23.5 Å². The van der Waals surface area contributed by atoms with Gasteiger partial charge in [-0.05, 0) is 28.6 Å². The van der Waals surface area contributed by atoms with Crippen LogP contribution in [0, 0.1) is 0 Å². The summed E-state index contributed by atoms with van der Waals surface area (Å²) in [4.78, 5) is 24.7. The number of rotatable bonds is 2. The van der Waals surface area contributed by atoms with Crippen molar-refractivity contribution >= 4 is 45.5 Å². The van der Waals surface area contributed by atoms with Crippen LogP contribution < -0.4 is 10.7 Å². The smallest absolute Gasteiger partial charge is 0.293 e. The lowest BCUT2D eigenvalue weighted by atomic mass is 10.2. The second-order valence-corrected chi connectivity index (χ2v) is 5.51. The summed E-state index contributed by atoms with van der Waals surface area (Å²) >= 11 is 6.03. The Hall–Kier alpha value is -3.20. The van der Waals surface area contributed by atoms with Crippen molar-refractivity contribution in [3.63, 3.8) is 0 Å². The van der Waals surface area contributed by atoms with Gasteiger partial charge in [-0.2, -0.15) is 0 Å². The van der Waals surface area contributed by atoms with Gasteiger partial charge in [0.05, 0.1) is 5.52 Å². The highest BCUT2D eigenvalue weighted by Gasteiger charge is 2.19. The molecule has 2 N–H and O–H groups in total. The highest BCUT2D eigenvalue weighted by molar-refractivity contribution is 6.31. The van der Waals surface area contributed by atoms with E-state index in [-0.39, 0.29) is 17.1 Å². The second-order valence-electron chi connectivity index (χ2n) is 5.08. The Bertz CT molecular complexity index is 1140. The molecule has 0 saturated carbocycles. The van der Waals surface area contributed by atoms with Crippen LogP contribution in [-0.2, 0) is 7.05 Å². The first-order valence-electron chi connectivity index (χ1n) is 6.81. The zero-order chi connectivity index (χ0) is 16.8. The van der Waals surface area contributed by atoms with Crippen LogP contribution in [0.25, 0.3) is 22.0 Å². The minimum atomic E-state index is -0.647. The third kappa shape index (κ3) is 2.14. The molecule has 1 aromatic carbocycles. The van der Waals surface area contributed by atoms with Crippen molar-refractivity contribution in [1.82, 2.24) is 25.2 Å². The normalized spacial score (nSPS) is 11.2. The van der Waals surface area contributed by atoms with Crippen LogP contribution in [0.2, 0.25) is 5.02 Å². The minimum absolute atomic E-state index is 0.0451. The maximum atomic E-state index is 12.4. The van der Waals surface area contributed by atoms with Gasteiger partial charge in [0.15, 0.2) is 11.3 Å². The van der Waals surface area contributed by atoms with Gasteiger partial charge in [0.1, 0.15) is 5.52 Å². The zero-order valence-corrected chi connectivity index (χ0v) is 13.0. The summed E-state index contributed by atoms with van der Waals surface area (Å²) in [6.45, 7) is 0. The fourth-order valence-electron chi connectivity index (χ4n) is 2.58. The molecule has 3 aromatic heterocycles. The van der Waals surface area contributed by atoms with Gasteiger partial charge in [-0.25, -0.2) is 5.10 Å². The first-order valence-corrected chi connectivity index (χ1v) is 7.19. The number of aromatic amines is 1. The Kier molecular flexibility index (Phi) is 3.10. The number of nitrogens with one attached hydrogen (secondary N) is 2. The first-order chi connectivity index (χ1) is 11.5. The Morgan fingerprint density at radius 3 is 2.96 bits per heavy atom. The maximum Gasteiger partial charge on any atom is 0.293 e. The molecule has 0 aliphatic heterocycles. The molecule has 0 saturated heterocycles. The van der Waals surface area contributed by atoms with Gasteiger partial charge in [-0.1, -0.05) is 16.7 Å². The van der Waals surface area contributed by atoms with E-state index < -0.39 is 5.91 Å². The summed E-state index contributed by atoms with van der Waals surface area (Å²) in [5.74, 6) is -0.758. The number of benzene rings is 1. The van der Waals surface area contributed by atoms with Gasteiger partial charge in [-0.15, -0.1) is 0 Å². The third-order valence-corrected chi connectivity index (χ3v) is 3.86. The average molecular weight is 345 g/mol. The molecule has 3 heterocycles. The van der Waals surface area contributed by atoms with E-state index in [1.54, 1.807) is 29.8 Å². The van der Waals surface area contributed by atoms with Crippen molar-refractivity contribution in [2.75, 3.05) is 5.32 Å². The molecule has 120 valence electrons. The van der Waals surface area contributed by atoms with Crippen molar-refractivity contribution < 1.29 is 9.21 Å². The third-order valence-electron chi connectivity index (χ3n) is 3.62. The van der Waals surface area contributed by atoms with E-state index in [1.165, 1.54) is 0 Å². The summed E-state index contributed by atoms with van der Waals surface area (Å²) < 4.78 is 7.37. The molecule has 0 aliphatic rings. The van der Waals surface area contributed by atoms with Gasteiger partial charge in [-0.3, -0.25) is 14.9 Å². The number of tetrazole rings is 1. The van der Waals surface area contributed by atoms with Crippen LogP contribution in [0.4, 0.5) is 5.95 Å². The molecule has 0 fully saturated rings. The summed E-state index contributed by atoms with van der Waals surface area (Å²) in [6, 6.07) is 6.32. The number of anilines is 1. The standard InChI is InChI=1S/C14H9ClN6O3/c1-21-8-3-2-6(15)4-7(8)12-11(21)9(22)5-10(24-12)13(23)16-14-17-19-20-18-14/h2-5H,1H3,(H2,16,17,18,19,20,23). The number of aryl methyl sites for hydroxylation is 1. The quantitative estimate of drug-likeness (QED) is 0.571. The number of amides is 1. The van der Waals surface area contributed by atoms with E-state index in [0.717, 1.165) is 11.6 Å².